The summed E-state index contributed by atoms with van der Waals surface area (Å²) >= 11 is 0. The molecule has 16 heavy (non-hydrogen) atoms. The molecule has 1 rings (SSSR count). The van der Waals surface area contributed by atoms with Crippen molar-refractivity contribution in [2.75, 3.05) is 26.2 Å². The van der Waals surface area contributed by atoms with E-state index in [4.69, 9.17) is 0 Å². The first-order chi connectivity index (χ1) is 7.44. The van der Waals surface area contributed by atoms with Crippen LogP contribution in [-0.4, -0.2) is 37.1 Å². The van der Waals surface area contributed by atoms with Crippen molar-refractivity contribution in [3.8, 4) is 0 Å². The Morgan fingerprint density at radius 3 is 2.38 bits per heavy atom. The summed E-state index contributed by atoms with van der Waals surface area (Å²) in [4.78, 5) is 2.60. The molecule has 1 N–H and O–H groups in total. The van der Waals surface area contributed by atoms with Crippen molar-refractivity contribution in [2.45, 2.75) is 53.5 Å². The second kappa shape index (κ2) is 6.02. The molecule has 2 atom stereocenters. The summed E-state index contributed by atoms with van der Waals surface area (Å²) in [6.07, 6.45) is 2.72. The van der Waals surface area contributed by atoms with Crippen LogP contribution in [0, 0.1) is 11.3 Å². The van der Waals surface area contributed by atoms with Gasteiger partial charge in [-0.25, -0.2) is 0 Å². The maximum atomic E-state index is 3.62. The first-order valence-corrected chi connectivity index (χ1v) is 6.90. The van der Waals surface area contributed by atoms with Gasteiger partial charge in [-0.15, -0.1) is 0 Å². The van der Waals surface area contributed by atoms with E-state index in [1.165, 1.54) is 32.5 Å². The minimum atomic E-state index is 0.470. The van der Waals surface area contributed by atoms with E-state index < -0.39 is 0 Å². The molecule has 1 aliphatic rings. The van der Waals surface area contributed by atoms with Crippen LogP contribution in [0.2, 0.25) is 0 Å². The van der Waals surface area contributed by atoms with Crippen LogP contribution in [0.4, 0.5) is 0 Å². The maximum absolute atomic E-state index is 3.62. The molecule has 0 aromatic carbocycles. The van der Waals surface area contributed by atoms with Crippen LogP contribution in [0.3, 0.4) is 0 Å². The summed E-state index contributed by atoms with van der Waals surface area (Å²) in [7, 11) is 0. The largest absolute Gasteiger partial charge is 0.313 e. The lowest BCUT2D eigenvalue weighted by atomic mass is 9.80. The molecule has 2 nitrogen and oxygen atoms in total. The van der Waals surface area contributed by atoms with E-state index in [1.807, 2.05) is 0 Å². The third kappa shape index (κ3) is 4.84. The van der Waals surface area contributed by atoms with E-state index in [1.54, 1.807) is 0 Å². The average molecular weight is 226 g/mol. The molecule has 1 aliphatic heterocycles. The van der Waals surface area contributed by atoms with Gasteiger partial charge in [-0.2, -0.15) is 0 Å². The van der Waals surface area contributed by atoms with Gasteiger partial charge in [0.1, 0.15) is 0 Å². The Hall–Kier alpha value is -0.0800. The second-order valence-corrected chi connectivity index (χ2v) is 6.47. The molecule has 1 saturated heterocycles. The predicted octanol–water partition coefficient (Wildman–Crippen LogP) is 2.74. The normalized spacial score (nSPS) is 28.3. The Morgan fingerprint density at radius 2 is 1.88 bits per heavy atom. The first-order valence-electron chi connectivity index (χ1n) is 6.90. The highest BCUT2D eigenvalue weighted by molar-refractivity contribution is 4.84. The SMILES string of the molecule is CCNC1CC(CC(C)(C)C)CN(CC)C1. The number of hydrogen-bond acceptors (Lipinski definition) is 2. The molecule has 0 amide bonds. The first kappa shape index (κ1) is 14.0. The minimum absolute atomic E-state index is 0.470. The second-order valence-electron chi connectivity index (χ2n) is 6.47. The van der Waals surface area contributed by atoms with Gasteiger partial charge in [-0.05, 0) is 37.3 Å². The summed E-state index contributed by atoms with van der Waals surface area (Å²) in [6.45, 7) is 16.4. The smallest absolute Gasteiger partial charge is 0.0198 e. The van der Waals surface area contributed by atoms with Crippen molar-refractivity contribution in [3.63, 3.8) is 0 Å². The monoisotopic (exact) mass is 226 g/mol. The summed E-state index contributed by atoms with van der Waals surface area (Å²) in [5, 5.41) is 3.62. The van der Waals surface area contributed by atoms with Crippen molar-refractivity contribution in [1.29, 1.82) is 0 Å². The number of likely N-dealkylation sites (N-methyl/N-ethyl adjacent to an activating group) is 2. The Kier molecular flexibility index (Phi) is 5.26. The average Bonchev–Trinajstić information content (AvgIpc) is 2.15. The highest BCUT2D eigenvalue weighted by Gasteiger charge is 2.28. The van der Waals surface area contributed by atoms with Crippen LogP contribution in [-0.2, 0) is 0 Å². The molecule has 0 aliphatic carbocycles. The number of hydrogen-bond donors (Lipinski definition) is 1. The Bertz CT molecular complexity index is 195. The number of likely N-dealkylation sites (tertiary alicyclic amines) is 1. The van der Waals surface area contributed by atoms with E-state index in [0.717, 1.165) is 12.5 Å². The van der Waals surface area contributed by atoms with Crippen molar-refractivity contribution < 1.29 is 0 Å². The third-order valence-electron chi connectivity index (χ3n) is 3.45. The van der Waals surface area contributed by atoms with E-state index in [9.17, 15) is 0 Å². The molecule has 0 bridgehead atoms. The van der Waals surface area contributed by atoms with Gasteiger partial charge in [-0.1, -0.05) is 34.6 Å². The van der Waals surface area contributed by atoms with Gasteiger partial charge in [0, 0.05) is 19.1 Å². The zero-order chi connectivity index (χ0) is 12.2. The van der Waals surface area contributed by atoms with Gasteiger partial charge in [-0.3, -0.25) is 0 Å². The summed E-state index contributed by atoms with van der Waals surface area (Å²) in [6, 6.07) is 0.714. The summed E-state index contributed by atoms with van der Waals surface area (Å²) in [5.74, 6) is 0.873. The van der Waals surface area contributed by atoms with Crippen LogP contribution >= 0.6 is 0 Å². The lowest BCUT2D eigenvalue weighted by Crippen LogP contribution is -2.49. The van der Waals surface area contributed by atoms with Crippen LogP contribution in [0.25, 0.3) is 0 Å². The minimum Gasteiger partial charge on any atom is -0.313 e. The van der Waals surface area contributed by atoms with E-state index in [2.05, 4.69) is 44.8 Å². The molecule has 0 spiro atoms. The number of nitrogens with zero attached hydrogens (tertiary/aromatic N) is 1. The molecule has 0 saturated carbocycles. The lowest BCUT2D eigenvalue weighted by molar-refractivity contribution is 0.119. The fourth-order valence-electron chi connectivity index (χ4n) is 3.01. The maximum Gasteiger partial charge on any atom is 0.0198 e. The molecule has 0 aromatic heterocycles. The van der Waals surface area contributed by atoms with Crippen LogP contribution in [0.1, 0.15) is 47.5 Å². The fourth-order valence-corrected chi connectivity index (χ4v) is 3.01. The van der Waals surface area contributed by atoms with Gasteiger partial charge >= 0.3 is 0 Å². The number of nitrogens with one attached hydrogen (secondary N) is 1. The summed E-state index contributed by atoms with van der Waals surface area (Å²) < 4.78 is 0. The lowest BCUT2D eigenvalue weighted by Gasteiger charge is -2.40. The number of piperidine rings is 1. The molecule has 96 valence electrons. The zero-order valence-corrected chi connectivity index (χ0v) is 11.8. The Labute approximate surface area is 102 Å². The van der Waals surface area contributed by atoms with Crippen LogP contribution in [0.5, 0.6) is 0 Å². The van der Waals surface area contributed by atoms with Crippen LogP contribution < -0.4 is 5.32 Å². The molecule has 0 radical (unpaired) electrons. The predicted molar refractivity (Wildman–Crippen MR) is 71.8 cm³/mol. The molecule has 1 fully saturated rings. The van der Waals surface area contributed by atoms with Gasteiger partial charge in [0.15, 0.2) is 0 Å². The van der Waals surface area contributed by atoms with Crippen LogP contribution in [0.15, 0.2) is 0 Å². The number of rotatable bonds is 4. The Balaban J connectivity index is 2.50. The Morgan fingerprint density at radius 1 is 1.19 bits per heavy atom. The highest BCUT2D eigenvalue weighted by Crippen LogP contribution is 2.30. The fraction of sp³-hybridized carbons (Fsp3) is 1.00. The topological polar surface area (TPSA) is 15.3 Å². The van der Waals surface area contributed by atoms with Gasteiger partial charge < -0.3 is 10.2 Å². The van der Waals surface area contributed by atoms with Crippen molar-refractivity contribution in [2.24, 2.45) is 11.3 Å². The van der Waals surface area contributed by atoms with Gasteiger partial charge in [0.25, 0.3) is 0 Å². The van der Waals surface area contributed by atoms with Crippen molar-refractivity contribution in [1.82, 2.24) is 10.2 Å². The molecule has 2 unspecified atom stereocenters. The third-order valence-corrected chi connectivity index (χ3v) is 3.45. The van der Waals surface area contributed by atoms with Crippen molar-refractivity contribution >= 4 is 0 Å². The van der Waals surface area contributed by atoms with Gasteiger partial charge in [0.05, 0.1) is 0 Å². The van der Waals surface area contributed by atoms with Gasteiger partial charge in [0.2, 0.25) is 0 Å². The van der Waals surface area contributed by atoms with E-state index >= 15 is 0 Å². The van der Waals surface area contributed by atoms with E-state index in [0.29, 0.717) is 11.5 Å². The zero-order valence-electron chi connectivity index (χ0n) is 11.8. The standard InChI is InChI=1S/C14H30N2/c1-6-15-13-8-12(9-14(3,4)5)10-16(7-2)11-13/h12-13,15H,6-11H2,1-5H3. The molecular formula is C14H30N2. The summed E-state index contributed by atoms with van der Waals surface area (Å²) in [5.41, 5.74) is 0.470. The van der Waals surface area contributed by atoms with E-state index in [-0.39, 0.29) is 0 Å². The quantitative estimate of drug-likeness (QED) is 0.793. The van der Waals surface area contributed by atoms with Crippen molar-refractivity contribution in [3.05, 3.63) is 0 Å². The highest BCUT2D eigenvalue weighted by atomic mass is 15.2. The molecule has 2 heteroatoms. The molecule has 0 aromatic rings. The molecule has 1 heterocycles. The molecular weight excluding hydrogens is 196 g/mol.